The van der Waals surface area contributed by atoms with Gasteiger partial charge >= 0.3 is 0 Å². The van der Waals surface area contributed by atoms with E-state index >= 15 is 0 Å². The lowest BCUT2D eigenvalue weighted by molar-refractivity contribution is -0.115. The van der Waals surface area contributed by atoms with E-state index in [1.807, 2.05) is 36.4 Å². The third kappa shape index (κ3) is 5.64. The fraction of sp³-hybridized carbons (Fsp3) is 0.208. The molecule has 7 heteroatoms. The highest BCUT2D eigenvalue weighted by Crippen LogP contribution is 2.24. The van der Waals surface area contributed by atoms with Crippen LogP contribution in [0.15, 0.2) is 80.8 Å². The van der Waals surface area contributed by atoms with E-state index in [4.69, 9.17) is 8.94 Å². The number of hydrogen-bond acceptors (Lipinski definition) is 6. The van der Waals surface area contributed by atoms with E-state index in [1.165, 1.54) is 4.90 Å². The van der Waals surface area contributed by atoms with Gasteiger partial charge in [0.05, 0.1) is 19.1 Å². The SMILES string of the molecule is CC(C)Sc1ccc(CC(=O)Nc2ccccc2Cc2nc(-c3ccco3)no2)cc1. The predicted octanol–water partition coefficient (Wildman–Crippen LogP) is 5.60. The Bertz CT molecular complexity index is 1140. The number of nitrogens with zero attached hydrogens (tertiary/aromatic N) is 2. The number of thioether (sulfide) groups is 1. The number of aromatic nitrogens is 2. The van der Waals surface area contributed by atoms with Crippen molar-refractivity contribution in [1.82, 2.24) is 10.1 Å². The molecule has 0 aliphatic heterocycles. The molecule has 0 aliphatic rings. The Labute approximate surface area is 185 Å². The van der Waals surface area contributed by atoms with Crippen LogP contribution in [0.4, 0.5) is 5.69 Å². The van der Waals surface area contributed by atoms with Gasteiger partial charge in [-0.3, -0.25) is 4.79 Å². The molecule has 0 fully saturated rings. The Morgan fingerprint density at radius 3 is 2.61 bits per heavy atom. The second-order valence-electron chi connectivity index (χ2n) is 7.36. The molecule has 1 N–H and O–H groups in total. The van der Waals surface area contributed by atoms with Gasteiger partial charge in [-0.2, -0.15) is 4.98 Å². The number of benzene rings is 2. The lowest BCUT2D eigenvalue weighted by Gasteiger charge is -2.10. The molecule has 2 aromatic heterocycles. The number of furan rings is 1. The summed E-state index contributed by atoms with van der Waals surface area (Å²) in [5.41, 5.74) is 2.61. The molecule has 2 aromatic carbocycles. The maximum absolute atomic E-state index is 12.6. The summed E-state index contributed by atoms with van der Waals surface area (Å²) in [6.45, 7) is 4.32. The second-order valence-corrected chi connectivity index (χ2v) is 9.01. The monoisotopic (exact) mass is 433 g/mol. The third-order valence-corrected chi connectivity index (χ3v) is 5.52. The lowest BCUT2D eigenvalue weighted by atomic mass is 10.1. The molecular formula is C24H23N3O3S. The number of anilines is 1. The minimum atomic E-state index is -0.0708. The van der Waals surface area contributed by atoms with Crippen molar-refractivity contribution in [3.63, 3.8) is 0 Å². The van der Waals surface area contributed by atoms with Crippen LogP contribution in [0, 0.1) is 0 Å². The molecule has 0 radical (unpaired) electrons. The fourth-order valence-corrected chi connectivity index (χ4v) is 3.97. The molecule has 0 atom stereocenters. The first-order chi connectivity index (χ1) is 15.1. The highest BCUT2D eigenvalue weighted by Gasteiger charge is 2.14. The van der Waals surface area contributed by atoms with Gasteiger partial charge in [-0.25, -0.2) is 0 Å². The largest absolute Gasteiger partial charge is 0.461 e. The van der Waals surface area contributed by atoms with E-state index in [9.17, 15) is 4.79 Å². The Morgan fingerprint density at radius 1 is 1.06 bits per heavy atom. The smallest absolute Gasteiger partial charge is 0.238 e. The van der Waals surface area contributed by atoms with Crippen LogP contribution in [-0.4, -0.2) is 21.3 Å². The first-order valence-corrected chi connectivity index (χ1v) is 10.9. The first-order valence-electron chi connectivity index (χ1n) is 10.1. The number of carbonyl (C=O) groups is 1. The summed E-state index contributed by atoms with van der Waals surface area (Å²) in [6, 6.07) is 19.3. The third-order valence-electron chi connectivity index (χ3n) is 4.50. The van der Waals surface area contributed by atoms with Crippen LogP contribution >= 0.6 is 11.8 Å². The van der Waals surface area contributed by atoms with Crippen molar-refractivity contribution in [2.75, 3.05) is 5.32 Å². The molecule has 0 aliphatic carbocycles. The van der Waals surface area contributed by atoms with Gasteiger partial charge < -0.3 is 14.3 Å². The van der Waals surface area contributed by atoms with Crippen molar-refractivity contribution in [3.05, 3.63) is 83.9 Å². The van der Waals surface area contributed by atoms with Crippen LogP contribution in [-0.2, 0) is 17.6 Å². The normalized spacial score (nSPS) is 11.1. The summed E-state index contributed by atoms with van der Waals surface area (Å²) in [5, 5.41) is 7.49. The number of rotatable bonds is 8. The highest BCUT2D eigenvalue weighted by molar-refractivity contribution is 7.99. The van der Waals surface area contributed by atoms with Crippen molar-refractivity contribution < 1.29 is 13.7 Å². The molecular weight excluding hydrogens is 410 g/mol. The molecule has 31 heavy (non-hydrogen) atoms. The van der Waals surface area contributed by atoms with Crippen molar-refractivity contribution in [1.29, 1.82) is 0 Å². The Morgan fingerprint density at radius 2 is 1.87 bits per heavy atom. The van der Waals surface area contributed by atoms with E-state index in [1.54, 1.807) is 30.2 Å². The molecule has 4 rings (SSSR count). The van der Waals surface area contributed by atoms with Gasteiger partial charge in [-0.15, -0.1) is 11.8 Å². The minimum Gasteiger partial charge on any atom is -0.461 e. The molecule has 2 heterocycles. The Hall–Kier alpha value is -3.32. The number of nitrogens with one attached hydrogen (secondary N) is 1. The van der Waals surface area contributed by atoms with Gasteiger partial charge in [0.25, 0.3) is 0 Å². The summed E-state index contributed by atoms with van der Waals surface area (Å²) in [7, 11) is 0. The van der Waals surface area contributed by atoms with Crippen molar-refractivity contribution >= 4 is 23.4 Å². The Balaban J connectivity index is 1.41. The topological polar surface area (TPSA) is 81.2 Å². The van der Waals surface area contributed by atoms with Gasteiger partial charge in [0, 0.05) is 15.8 Å². The first kappa shape index (κ1) is 20.9. The molecule has 0 bridgehead atoms. The van der Waals surface area contributed by atoms with Gasteiger partial charge in [0.2, 0.25) is 17.6 Å². The van der Waals surface area contributed by atoms with Crippen LogP contribution in [0.3, 0.4) is 0 Å². The van der Waals surface area contributed by atoms with E-state index in [0.29, 0.717) is 35.6 Å². The van der Waals surface area contributed by atoms with Crippen LogP contribution in [0.5, 0.6) is 0 Å². The average molecular weight is 434 g/mol. The van der Waals surface area contributed by atoms with Gasteiger partial charge in [0.1, 0.15) is 0 Å². The zero-order chi connectivity index (χ0) is 21.6. The molecule has 4 aromatic rings. The van der Waals surface area contributed by atoms with Crippen LogP contribution < -0.4 is 5.32 Å². The highest BCUT2D eigenvalue weighted by atomic mass is 32.2. The summed E-state index contributed by atoms with van der Waals surface area (Å²) < 4.78 is 10.6. The summed E-state index contributed by atoms with van der Waals surface area (Å²) in [6.07, 6.45) is 2.28. The van der Waals surface area contributed by atoms with Gasteiger partial charge in [0.15, 0.2) is 5.76 Å². The fourth-order valence-electron chi connectivity index (χ4n) is 3.13. The minimum absolute atomic E-state index is 0.0708. The zero-order valence-corrected chi connectivity index (χ0v) is 18.2. The van der Waals surface area contributed by atoms with Crippen molar-refractivity contribution in [2.45, 2.75) is 36.8 Å². The molecule has 0 unspecified atom stereocenters. The van der Waals surface area contributed by atoms with Gasteiger partial charge in [-0.05, 0) is 41.5 Å². The van der Waals surface area contributed by atoms with Gasteiger partial charge in [-0.1, -0.05) is 49.3 Å². The molecule has 0 saturated heterocycles. The van der Waals surface area contributed by atoms with E-state index < -0.39 is 0 Å². The maximum Gasteiger partial charge on any atom is 0.238 e. The number of hydrogen-bond donors (Lipinski definition) is 1. The van der Waals surface area contributed by atoms with E-state index in [2.05, 4.69) is 41.4 Å². The van der Waals surface area contributed by atoms with Crippen molar-refractivity contribution in [3.8, 4) is 11.6 Å². The molecule has 158 valence electrons. The predicted molar refractivity (Wildman–Crippen MR) is 121 cm³/mol. The summed E-state index contributed by atoms with van der Waals surface area (Å²) in [4.78, 5) is 18.2. The summed E-state index contributed by atoms with van der Waals surface area (Å²) >= 11 is 1.81. The quantitative estimate of drug-likeness (QED) is 0.364. The lowest BCUT2D eigenvalue weighted by Crippen LogP contribution is -2.15. The van der Waals surface area contributed by atoms with Crippen LogP contribution in [0.1, 0.15) is 30.9 Å². The maximum atomic E-state index is 12.6. The Kier molecular flexibility index (Phi) is 6.52. The standard InChI is InChI=1S/C24H23N3O3S/c1-16(2)31-19-11-9-17(10-12-19)14-22(28)25-20-7-4-3-6-18(20)15-23-26-24(27-30-23)21-8-5-13-29-21/h3-13,16H,14-15H2,1-2H3,(H,25,28). The van der Waals surface area contributed by atoms with Crippen molar-refractivity contribution in [2.24, 2.45) is 0 Å². The summed E-state index contributed by atoms with van der Waals surface area (Å²) in [5.74, 6) is 1.33. The van der Waals surface area contributed by atoms with E-state index in [0.717, 1.165) is 16.8 Å². The zero-order valence-electron chi connectivity index (χ0n) is 17.4. The van der Waals surface area contributed by atoms with Crippen LogP contribution in [0.25, 0.3) is 11.6 Å². The van der Waals surface area contributed by atoms with E-state index in [-0.39, 0.29) is 5.91 Å². The molecule has 0 saturated carbocycles. The number of carbonyl (C=O) groups excluding carboxylic acids is 1. The molecule has 0 spiro atoms. The molecule has 6 nitrogen and oxygen atoms in total. The average Bonchev–Trinajstić information content (AvgIpc) is 3.42. The second kappa shape index (κ2) is 9.66. The number of amides is 1. The van der Waals surface area contributed by atoms with Crippen LogP contribution in [0.2, 0.25) is 0 Å². The molecule has 1 amide bonds. The number of para-hydroxylation sites is 1.